The van der Waals surface area contributed by atoms with Crippen LogP contribution in [0.1, 0.15) is 16.1 Å². The Morgan fingerprint density at radius 1 is 1.05 bits per heavy atom. The summed E-state index contributed by atoms with van der Waals surface area (Å²) in [5.74, 6) is -2.03. The highest BCUT2D eigenvalue weighted by Crippen LogP contribution is 2.34. The molecule has 10 heteroatoms. The molecule has 0 saturated heterocycles. The van der Waals surface area contributed by atoms with Gasteiger partial charge in [-0.3, -0.25) is 19.4 Å². The largest absolute Gasteiger partial charge is 0.461 e. The minimum absolute atomic E-state index is 0.0403. The monoisotopic (exact) mass is 524 g/mol. The summed E-state index contributed by atoms with van der Waals surface area (Å²) in [7, 11) is 0. The second kappa shape index (κ2) is 11.2. The number of benzene rings is 2. The molecule has 0 atom stereocenters. The lowest BCUT2D eigenvalue weighted by Gasteiger charge is -2.09. The third-order valence-electron chi connectivity index (χ3n) is 5.96. The van der Waals surface area contributed by atoms with Gasteiger partial charge in [0.25, 0.3) is 0 Å². The molecule has 0 aliphatic carbocycles. The van der Waals surface area contributed by atoms with E-state index in [4.69, 9.17) is 15.6 Å². The Hall–Kier alpha value is -4.96. The zero-order valence-electron chi connectivity index (χ0n) is 21.1. The van der Waals surface area contributed by atoms with E-state index < -0.39 is 17.7 Å². The molecule has 3 aromatic heterocycles. The van der Waals surface area contributed by atoms with Gasteiger partial charge in [0.1, 0.15) is 24.7 Å². The van der Waals surface area contributed by atoms with Gasteiger partial charge in [-0.05, 0) is 55.0 Å². The van der Waals surface area contributed by atoms with Crippen LogP contribution in [0.3, 0.4) is 0 Å². The minimum atomic E-state index is -0.856. The van der Waals surface area contributed by atoms with Gasteiger partial charge in [-0.1, -0.05) is 24.3 Å². The summed E-state index contributed by atoms with van der Waals surface area (Å²) in [6, 6.07) is 19.1. The third kappa shape index (κ3) is 5.65. The van der Waals surface area contributed by atoms with Crippen LogP contribution < -0.4 is 11.1 Å². The number of para-hydroxylation sites is 1. The normalized spacial score (nSPS) is 10.9. The summed E-state index contributed by atoms with van der Waals surface area (Å²) in [6.07, 6.45) is 3.53. The number of carbonyl (C=O) groups excluding carboxylic acids is 2. The molecule has 5 rings (SSSR count). The van der Waals surface area contributed by atoms with Gasteiger partial charge in [-0.25, -0.2) is 9.18 Å². The minimum Gasteiger partial charge on any atom is -0.461 e. The number of halogens is 1. The molecule has 0 fully saturated rings. The first-order chi connectivity index (χ1) is 18.9. The second-order valence-electron chi connectivity index (χ2n) is 8.80. The lowest BCUT2D eigenvalue weighted by atomic mass is 10.0. The molecule has 0 aliphatic rings. The van der Waals surface area contributed by atoms with Crippen LogP contribution in [-0.4, -0.2) is 44.8 Å². The quantitative estimate of drug-likeness (QED) is 0.289. The number of amides is 1. The Bertz CT molecular complexity index is 1680. The number of carbonyl (C=O) groups is 2. The molecule has 3 N–H and O–H groups in total. The van der Waals surface area contributed by atoms with E-state index in [0.717, 1.165) is 33.8 Å². The number of ether oxygens (including phenoxy) is 1. The number of pyridine rings is 2. The SMILES string of the molecule is Cc1cccc(-c2nn(CC(=O)Nc3ccc(F)c(C(=O)OCCN)c3)cc2-c2ccnc3ccccc23)n1. The number of nitrogens with zero attached hydrogens (tertiary/aromatic N) is 4. The zero-order chi connectivity index (χ0) is 27.4. The van der Waals surface area contributed by atoms with Gasteiger partial charge in [0.05, 0.1) is 16.8 Å². The number of esters is 1. The average Bonchev–Trinajstić information content (AvgIpc) is 3.35. The van der Waals surface area contributed by atoms with E-state index >= 15 is 0 Å². The molecule has 9 nitrogen and oxygen atoms in total. The van der Waals surface area contributed by atoms with Gasteiger partial charge in [0.15, 0.2) is 0 Å². The summed E-state index contributed by atoms with van der Waals surface area (Å²) in [5.41, 5.74) is 9.96. The van der Waals surface area contributed by atoms with Crippen molar-refractivity contribution in [2.24, 2.45) is 5.73 Å². The van der Waals surface area contributed by atoms with Gasteiger partial charge in [-0.2, -0.15) is 5.10 Å². The van der Waals surface area contributed by atoms with Gasteiger partial charge in [0.2, 0.25) is 5.91 Å². The molecular weight excluding hydrogens is 499 g/mol. The first-order valence-corrected chi connectivity index (χ1v) is 12.2. The van der Waals surface area contributed by atoms with Crippen molar-refractivity contribution in [2.45, 2.75) is 13.5 Å². The number of hydrogen-bond donors (Lipinski definition) is 2. The number of rotatable bonds is 8. The molecule has 39 heavy (non-hydrogen) atoms. The standard InChI is InChI=1S/C29H25FN6O3/c1-18-5-4-8-26(33-18)28-23(20-11-13-32-25-7-3-2-6-21(20)25)16-36(35-28)17-27(37)34-19-9-10-24(30)22(15-19)29(38)39-14-12-31/h2-11,13,15-16H,12,14,17,31H2,1H3,(H,34,37). The highest BCUT2D eigenvalue weighted by Gasteiger charge is 2.19. The first-order valence-electron chi connectivity index (χ1n) is 12.2. The van der Waals surface area contributed by atoms with Crippen LogP contribution in [0, 0.1) is 12.7 Å². The van der Waals surface area contributed by atoms with Crippen molar-refractivity contribution in [2.75, 3.05) is 18.5 Å². The van der Waals surface area contributed by atoms with Crippen LogP contribution in [0.15, 0.2) is 79.1 Å². The maximum Gasteiger partial charge on any atom is 0.341 e. The predicted molar refractivity (Wildman–Crippen MR) is 145 cm³/mol. The summed E-state index contributed by atoms with van der Waals surface area (Å²) in [5, 5.41) is 8.34. The molecule has 0 radical (unpaired) electrons. The molecule has 0 saturated carbocycles. The Morgan fingerprint density at radius 2 is 1.90 bits per heavy atom. The van der Waals surface area contributed by atoms with Crippen LogP contribution in [0.5, 0.6) is 0 Å². The molecular formula is C29H25FN6O3. The molecule has 0 unspecified atom stereocenters. The number of nitrogens with one attached hydrogen (secondary N) is 1. The van der Waals surface area contributed by atoms with E-state index in [1.54, 1.807) is 12.4 Å². The van der Waals surface area contributed by atoms with Crippen molar-refractivity contribution in [3.8, 4) is 22.5 Å². The van der Waals surface area contributed by atoms with Crippen LogP contribution in [-0.2, 0) is 16.1 Å². The fourth-order valence-corrected chi connectivity index (χ4v) is 4.23. The van der Waals surface area contributed by atoms with Crippen molar-refractivity contribution in [1.29, 1.82) is 0 Å². The van der Waals surface area contributed by atoms with Crippen molar-refractivity contribution in [3.05, 3.63) is 96.2 Å². The van der Waals surface area contributed by atoms with Crippen molar-refractivity contribution >= 4 is 28.5 Å². The molecule has 0 bridgehead atoms. The molecule has 5 aromatic rings. The van der Waals surface area contributed by atoms with Gasteiger partial charge >= 0.3 is 5.97 Å². The summed E-state index contributed by atoms with van der Waals surface area (Å²) in [4.78, 5) is 34.2. The first kappa shape index (κ1) is 25.7. The highest BCUT2D eigenvalue weighted by molar-refractivity contribution is 5.98. The Morgan fingerprint density at radius 3 is 2.72 bits per heavy atom. The molecule has 1 amide bonds. The third-order valence-corrected chi connectivity index (χ3v) is 5.96. The van der Waals surface area contributed by atoms with Crippen molar-refractivity contribution < 1.29 is 18.7 Å². The van der Waals surface area contributed by atoms with Gasteiger partial charge in [0, 0.05) is 41.3 Å². The fourth-order valence-electron chi connectivity index (χ4n) is 4.23. The lowest BCUT2D eigenvalue weighted by Crippen LogP contribution is -2.20. The lowest BCUT2D eigenvalue weighted by molar-refractivity contribution is -0.116. The average molecular weight is 525 g/mol. The predicted octanol–water partition coefficient (Wildman–Crippen LogP) is 4.36. The van der Waals surface area contributed by atoms with Crippen LogP contribution in [0.2, 0.25) is 0 Å². The number of anilines is 1. The molecule has 2 aromatic carbocycles. The summed E-state index contributed by atoms with van der Waals surface area (Å²) < 4.78 is 20.6. The van der Waals surface area contributed by atoms with E-state index in [9.17, 15) is 14.0 Å². The number of hydrogen-bond acceptors (Lipinski definition) is 7. The Kier molecular flexibility index (Phi) is 7.37. The fraction of sp³-hybridized carbons (Fsp3) is 0.138. The van der Waals surface area contributed by atoms with E-state index in [2.05, 4.69) is 15.3 Å². The summed E-state index contributed by atoms with van der Waals surface area (Å²) in [6.45, 7) is 1.84. The maximum atomic E-state index is 14.2. The van der Waals surface area contributed by atoms with Crippen LogP contribution in [0.4, 0.5) is 10.1 Å². The molecule has 3 heterocycles. The molecule has 0 aliphatic heterocycles. The van der Waals surface area contributed by atoms with Crippen molar-refractivity contribution in [3.63, 3.8) is 0 Å². The second-order valence-corrected chi connectivity index (χ2v) is 8.80. The number of nitrogens with two attached hydrogens (primary N) is 1. The zero-order valence-corrected chi connectivity index (χ0v) is 21.1. The maximum absolute atomic E-state index is 14.2. The van der Waals surface area contributed by atoms with Gasteiger partial charge < -0.3 is 15.8 Å². The number of aryl methyl sites for hydroxylation is 1. The van der Waals surface area contributed by atoms with Gasteiger partial charge in [-0.15, -0.1) is 0 Å². The van der Waals surface area contributed by atoms with E-state index in [1.807, 2.05) is 55.5 Å². The smallest absolute Gasteiger partial charge is 0.341 e. The van der Waals surface area contributed by atoms with Crippen molar-refractivity contribution in [1.82, 2.24) is 19.7 Å². The van der Waals surface area contributed by atoms with E-state index in [-0.39, 0.29) is 30.9 Å². The summed E-state index contributed by atoms with van der Waals surface area (Å²) >= 11 is 0. The Labute approximate surface area is 223 Å². The van der Waals surface area contributed by atoms with Crippen LogP contribution in [0.25, 0.3) is 33.4 Å². The van der Waals surface area contributed by atoms with E-state index in [1.165, 1.54) is 16.8 Å². The van der Waals surface area contributed by atoms with E-state index in [0.29, 0.717) is 11.4 Å². The van der Waals surface area contributed by atoms with Crippen LogP contribution >= 0.6 is 0 Å². The Balaban J connectivity index is 1.46. The number of aromatic nitrogens is 4. The molecule has 196 valence electrons. The highest BCUT2D eigenvalue weighted by atomic mass is 19.1. The topological polar surface area (TPSA) is 125 Å². The molecule has 0 spiro atoms. The number of fused-ring (bicyclic) bond motifs is 1.